The van der Waals surface area contributed by atoms with Crippen LogP contribution in [0, 0.1) is 5.92 Å². The van der Waals surface area contributed by atoms with Gasteiger partial charge in [-0.05, 0) is 24.5 Å². The van der Waals surface area contributed by atoms with E-state index in [4.69, 9.17) is 16.3 Å². The van der Waals surface area contributed by atoms with Crippen LogP contribution in [0.2, 0.25) is 0 Å². The van der Waals surface area contributed by atoms with E-state index in [1.165, 1.54) is 0 Å². The molecule has 1 atom stereocenters. The average molecular weight is 256 g/mol. The van der Waals surface area contributed by atoms with Crippen molar-refractivity contribution in [3.8, 4) is 5.75 Å². The summed E-state index contributed by atoms with van der Waals surface area (Å²) in [5.74, 6) is 1.57. The Morgan fingerprint density at radius 3 is 2.59 bits per heavy atom. The molecule has 1 N–H and O–H groups in total. The second kappa shape index (κ2) is 8.37. The van der Waals surface area contributed by atoms with Crippen molar-refractivity contribution in [3.63, 3.8) is 0 Å². The highest BCUT2D eigenvalue weighted by Gasteiger charge is 2.06. The lowest BCUT2D eigenvalue weighted by Crippen LogP contribution is -2.28. The summed E-state index contributed by atoms with van der Waals surface area (Å²) >= 11 is 6.17. The number of hydrogen-bond acceptors (Lipinski definition) is 2. The molecule has 1 unspecified atom stereocenters. The first kappa shape index (κ1) is 14.3. The zero-order chi connectivity index (χ0) is 12.5. The first-order valence-corrected chi connectivity index (χ1v) is 6.64. The molecular formula is C14H22ClNO. The van der Waals surface area contributed by atoms with Crippen molar-refractivity contribution in [2.75, 3.05) is 19.7 Å². The van der Waals surface area contributed by atoms with Crippen molar-refractivity contribution >= 4 is 11.6 Å². The molecule has 0 aliphatic rings. The largest absolute Gasteiger partial charge is 0.492 e. The van der Waals surface area contributed by atoms with Gasteiger partial charge in [0.15, 0.2) is 0 Å². The third kappa shape index (κ3) is 7.24. The van der Waals surface area contributed by atoms with E-state index in [1.807, 2.05) is 30.3 Å². The van der Waals surface area contributed by atoms with Crippen molar-refractivity contribution < 1.29 is 4.74 Å². The molecule has 0 aliphatic heterocycles. The lowest BCUT2D eigenvalue weighted by atomic mass is 10.1. The van der Waals surface area contributed by atoms with E-state index in [-0.39, 0.29) is 5.38 Å². The molecule has 0 aromatic heterocycles. The topological polar surface area (TPSA) is 21.3 Å². The highest BCUT2D eigenvalue weighted by atomic mass is 35.5. The maximum absolute atomic E-state index is 6.17. The molecular weight excluding hydrogens is 234 g/mol. The van der Waals surface area contributed by atoms with E-state index in [0.29, 0.717) is 12.5 Å². The number of para-hydroxylation sites is 1. The standard InChI is InChI=1S/C14H22ClNO/c1-12(2)10-13(15)11-16-8-9-17-14-6-4-3-5-7-14/h3-7,12-13,16H,8-11H2,1-2H3. The molecule has 0 amide bonds. The molecule has 3 heteroatoms. The number of alkyl halides is 1. The molecule has 1 aromatic rings. The van der Waals surface area contributed by atoms with Crippen LogP contribution in [0.3, 0.4) is 0 Å². The van der Waals surface area contributed by atoms with E-state index in [2.05, 4.69) is 19.2 Å². The van der Waals surface area contributed by atoms with Gasteiger partial charge >= 0.3 is 0 Å². The third-order valence-corrected chi connectivity index (χ3v) is 2.72. The van der Waals surface area contributed by atoms with Crippen molar-refractivity contribution in [2.24, 2.45) is 5.92 Å². The molecule has 0 heterocycles. The van der Waals surface area contributed by atoms with Gasteiger partial charge in [0.05, 0.1) is 0 Å². The molecule has 1 rings (SSSR count). The van der Waals surface area contributed by atoms with E-state index in [0.717, 1.165) is 25.3 Å². The summed E-state index contributed by atoms with van der Waals surface area (Å²) in [6.07, 6.45) is 1.05. The summed E-state index contributed by atoms with van der Waals surface area (Å²) in [7, 11) is 0. The Kier molecular flexibility index (Phi) is 7.06. The lowest BCUT2D eigenvalue weighted by Gasteiger charge is -2.13. The van der Waals surface area contributed by atoms with Gasteiger partial charge in [0, 0.05) is 18.5 Å². The molecule has 0 aliphatic carbocycles. The summed E-state index contributed by atoms with van der Waals surface area (Å²) in [5.41, 5.74) is 0. The predicted octanol–water partition coefficient (Wildman–Crippen LogP) is 3.31. The van der Waals surface area contributed by atoms with Crippen molar-refractivity contribution in [1.82, 2.24) is 5.32 Å². The SMILES string of the molecule is CC(C)CC(Cl)CNCCOc1ccccc1. The van der Waals surface area contributed by atoms with Crippen LogP contribution in [0.25, 0.3) is 0 Å². The van der Waals surface area contributed by atoms with Crippen LogP contribution in [0.5, 0.6) is 5.75 Å². The van der Waals surface area contributed by atoms with E-state index in [1.54, 1.807) is 0 Å². The number of hydrogen-bond donors (Lipinski definition) is 1. The molecule has 0 saturated heterocycles. The maximum atomic E-state index is 6.17. The highest BCUT2D eigenvalue weighted by molar-refractivity contribution is 6.20. The molecule has 0 radical (unpaired) electrons. The summed E-state index contributed by atoms with van der Waals surface area (Å²) in [5, 5.41) is 3.52. The van der Waals surface area contributed by atoms with Gasteiger partial charge in [-0.1, -0.05) is 32.0 Å². The van der Waals surface area contributed by atoms with Crippen molar-refractivity contribution in [3.05, 3.63) is 30.3 Å². The number of benzene rings is 1. The molecule has 2 nitrogen and oxygen atoms in total. The quantitative estimate of drug-likeness (QED) is 0.569. The third-order valence-electron chi connectivity index (χ3n) is 2.38. The van der Waals surface area contributed by atoms with Crippen LogP contribution in [0.4, 0.5) is 0 Å². The lowest BCUT2D eigenvalue weighted by molar-refractivity contribution is 0.313. The van der Waals surface area contributed by atoms with Crippen LogP contribution in [-0.2, 0) is 0 Å². The van der Waals surface area contributed by atoms with Crippen LogP contribution >= 0.6 is 11.6 Å². The monoisotopic (exact) mass is 255 g/mol. The molecule has 1 aromatic carbocycles. The zero-order valence-corrected chi connectivity index (χ0v) is 11.4. The summed E-state index contributed by atoms with van der Waals surface area (Å²) in [4.78, 5) is 0. The first-order chi connectivity index (χ1) is 8.18. The second-order valence-corrected chi connectivity index (χ2v) is 5.21. The Balaban J connectivity index is 2.01. The molecule has 0 spiro atoms. The second-order valence-electron chi connectivity index (χ2n) is 4.59. The number of nitrogens with one attached hydrogen (secondary N) is 1. The molecule has 0 saturated carbocycles. The van der Waals surface area contributed by atoms with Crippen LogP contribution in [0.15, 0.2) is 30.3 Å². The van der Waals surface area contributed by atoms with Crippen LogP contribution in [-0.4, -0.2) is 25.1 Å². The van der Waals surface area contributed by atoms with Gasteiger partial charge in [0.2, 0.25) is 0 Å². The average Bonchev–Trinajstić information content (AvgIpc) is 2.29. The normalized spacial score (nSPS) is 12.7. The Hall–Kier alpha value is -0.730. The molecule has 96 valence electrons. The Labute approximate surface area is 109 Å². The van der Waals surface area contributed by atoms with Gasteiger partial charge < -0.3 is 10.1 Å². The van der Waals surface area contributed by atoms with E-state index in [9.17, 15) is 0 Å². The minimum atomic E-state index is 0.215. The maximum Gasteiger partial charge on any atom is 0.119 e. The van der Waals surface area contributed by atoms with Crippen molar-refractivity contribution in [2.45, 2.75) is 25.6 Å². The van der Waals surface area contributed by atoms with E-state index >= 15 is 0 Å². The zero-order valence-electron chi connectivity index (χ0n) is 10.7. The first-order valence-electron chi connectivity index (χ1n) is 6.21. The minimum Gasteiger partial charge on any atom is -0.492 e. The Bertz CT molecular complexity index is 290. The highest BCUT2D eigenvalue weighted by Crippen LogP contribution is 2.09. The number of ether oxygens (including phenoxy) is 1. The van der Waals surface area contributed by atoms with Gasteiger partial charge in [-0.25, -0.2) is 0 Å². The fourth-order valence-electron chi connectivity index (χ4n) is 1.61. The van der Waals surface area contributed by atoms with Crippen molar-refractivity contribution in [1.29, 1.82) is 0 Å². The van der Waals surface area contributed by atoms with Gasteiger partial charge in [-0.3, -0.25) is 0 Å². The predicted molar refractivity (Wildman–Crippen MR) is 73.9 cm³/mol. The molecule has 17 heavy (non-hydrogen) atoms. The summed E-state index contributed by atoms with van der Waals surface area (Å²) in [6.45, 7) is 6.73. The van der Waals surface area contributed by atoms with Crippen LogP contribution < -0.4 is 10.1 Å². The summed E-state index contributed by atoms with van der Waals surface area (Å²) < 4.78 is 5.56. The number of halogens is 1. The molecule has 0 bridgehead atoms. The Morgan fingerprint density at radius 2 is 1.94 bits per heavy atom. The van der Waals surface area contributed by atoms with Gasteiger partial charge in [0.25, 0.3) is 0 Å². The Morgan fingerprint density at radius 1 is 1.24 bits per heavy atom. The fraction of sp³-hybridized carbons (Fsp3) is 0.571. The minimum absolute atomic E-state index is 0.215. The fourth-order valence-corrected chi connectivity index (χ4v) is 2.08. The van der Waals surface area contributed by atoms with Gasteiger partial charge in [-0.2, -0.15) is 0 Å². The smallest absolute Gasteiger partial charge is 0.119 e. The van der Waals surface area contributed by atoms with Gasteiger partial charge in [0.1, 0.15) is 12.4 Å². The summed E-state index contributed by atoms with van der Waals surface area (Å²) in [6, 6.07) is 9.85. The van der Waals surface area contributed by atoms with Gasteiger partial charge in [-0.15, -0.1) is 11.6 Å². The van der Waals surface area contributed by atoms with E-state index < -0.39 is 0 Å². The molecule has 0 fully saturated rings. The van der Waals surface area contributed by atoms with Crippen LogP contribution in [0.1, 0.15) is 20.3 Å². The number of rotatable bonds is 8.